The van der Waals surface area contributed by atoms with Gasteiger partial charge < -0.3 is 15.0 Å². The monoisotopic (exact) mass is 545 g/mol. The van der Waals surface area contributed by atoms with Gasteiger partial charge in [0.15, 0.2) is 6.61 Å². The van der Waals surface area contributed by atoms with E-state index in [4.69, 9.17) is 16.3 Å². The van der Waals surface area contributed by atoms with E-state index in [2.05, 4.69) is 16.4 Å². The maximum atomic E-state index is 13.1. The molecule has 1 aliphatic rings. The van der Waals surface area contributed by atoms with Crippen molar-refractivity contribution in [2.24, 2.45) is 0 Å². The maximum Gasteiger partial charge on any atom is 0.275 e. The van der Waals surface area contributed by atoms with Gasteiger partial charge in [0.25, 0.3) is 11.8 Å². The summed E-state index contributed by atoms with van der Waals surface area (Å²) in [5.74, 6) is 0.584. The highest BCUT2D eigenvalue weighted by Crippen LogP contribution is 2.32. The zero-order valence-electron chi connectivity index (χ0n) is 21.0. The summed E-state index contributed by atoms with van der Waals surface area (Å²) in [7, 11) is 0. The van der Waals surface area contributed by atoms with Crippen LogP contribution in [0.25, 0.3) is 11.1 Å². The molecule has 1 N–H and O–H groups in total. The highest BCUT2D eigenvalue weighted by Gasteiger charge is 2.26. The molecule has 0 radical (unpaired) electrons. The Hall–Kier alpha value is -3.68. The third-order valence-corrected chi connectivity index (χ3v) is 7.89. The van der Waals surface area contributed by atoms with Crippen LogP contribution in [0.2, 0.25) is 5.02 Å². The highest BCUT2D eigenvalue weighted by atomic mass is 35.5. The van der Waals surface area contributed by atoms with Crippen molar-refractivity contribution in [1.82, 2.24) is 9.88 Å². The lowest BCUT2D eigenvalue weighted by Gasteiger charge is -2.31. The summed E-state index contributed by atoms with van der Waals surface area (Å²) in [6.45, 7) is 3.31. The fourth-order valence-electron chi connectivity index (χ4n) is 4.53. The van der Waals surface area contributed by atoms with Gasteiger partial charge in [-0.25, -0.2) is 4.98 Å². The molecule has 1 aliphatic heterocycles. The second-order valence-corrected chi connectivity index (χ2v) is 10.7. The van der Waals surface area contributed by atoms with Gasteiger partial charge >= 0.3 is 0 Å². The van der Waals surface area contributed by atoms with Crippen LogP contribution in [0, 0.1) is 6.92 Å². The van der Waals surface area contributed by atoms with E-state index in [0.29, 0.717) is 29.6 Å². The number of aromatic nitrogens is 1. The number of aryl methyl sites for hydroxylation is 1. The van der Waals surface area contributed by atoms with Crippen molar-refractivity contribution in [3.05, 3.63) is 99.5 Å². The number of nitrogens with zero attached hydrogens (tertiary/aromatic N) is 2. The lowest BCUT2D eigenvalue weighted by atomic mass is 9.97. The van der Waals surface area contributed by atoms with Crippen LogP contribution in [-0.2, 0) is 4.79 Å². The number of carbonyl (C=O) groups is 2. The Morgan fingerprint density at radius 3 is 2.53 bits per heavy atom. The van der Waals surface area contributed by atoms with Gasteiger partial charge in [0, 0.05) is 40.7 Å². The van der Waals surface area contributed by atoms with E-state index in [0.717, 1.165) is 40.2 Å². The van der Waals surface area contributed by atoms with Gasteiger partial charge in [0.2, 0.25) is 0 Å². The van der Waals surface area contributed by atoms with Gasteiger partial charge in [-0.2, -0.15) is 0 Å². The van der Waals surface area contributed by atoms with Gasteiger partial charge in [-0.1, -0.05) is 53.6 Å². The van der Waals surface area contributed by atoms with Crippen molar-refractivity contribution in [3.63, 3.8) is 0 Å². The quantitative estimate of drug-likeness (QED) is 0.277. The Bertz CT molecular complexity index is 1410. The maximum absolute atomic E-state index is 13.1. The summed E-state index contributed by atoms with van der Waals surface area (Å²) >= 11 is 7.40. The average molecular weight is 546 g/mol. The molecule has 0 atom stereocenters. The number of carbonyl (C=O) groups excluding carboxylic acids is 2. The largest absolute Gasteiger partial charge is 0.484 e. The van der Waals surface area contributed by atoms with Crippen LogP contribution in [0.5, 0.6) is 5.75 Å². The van der Waals surface area contributed by atoms with Gasteiger partial charge in [-0.05, 0) is 61.7 Å². The molecule has 1 saturated heterocycles. The molecule has 2 heterocycles. The second-order valence-electron chi connectivity index (χ2n) is 9.34. The van der Waals surface area contributed by atoms with Gasteiger partial charge in [-0.3, -0.25) is 9.59 Å². The molecule has 1 aromatic heterocycles. The molecule has 8 heteroatoms. The molecule has 1 fully saturated rings. The minimum absolute atomic E-state index is 0.00213. The van der Waals surface area contributed by atoms with Gasteiger partial charge in [-0.15, -0.1) is 11.3 Å². The van der Waals surface area contributed by atoms with Gasteiger partial charge in [0.1, 0.15) is 11.4 Å². The van der Waals surface area contributed by atoms with Crippen molar-refractivity contribution in [3.8, 4) is 16.9 Å². The van der Waals surface area contributed by atoms with Crippen LogP contribution in [0.3, 0.4) is 0 Å². The van der Waals surface area contributed by atoms with Gasteiger partial charge in [0.05, 0.1) is 5.01 Å². The molecule has 194 valence electrons. The molecule has 0 unspecified atom stereocenters. The number of piperidine rings is 1. The minimum atomic E-state index is -0.222. The lowest BCUT2D eigenvalue weighted by molar-refractivity contribution is -0.134. The molecule has 3 aromatic carbocycles. The molecule has 2 amide bonds. The molecule has 5 rings (SSSR count). The fraction of sp³-hybridized carbons (Fsp3) is 0.233. The third kappa shape index (κ3) is 6.23. The molecule has 0 saturated carbocycles. The number of amides is 2. The molecule has 38 heavy (non-hydrogen) atoms. The summed E-state index contributed by atoms with van der Waals surface area (Å²) in [4.78, 5) is 32.2. The number of thiazole rings is 1. The van der Waals surface area contributed by atoms with E-state index in [1.54, 1.807) is 24.3 Å². The Morgan fingerprint density at radius 2 is 1.79 bits per heavy atom. The smallest absolute Gasteiger partial charge is 0.275 e. The first kappa shape index (κ1) is 25.9. The van der Waals surface area contributed by atoms with Crippen LogP contribution in [0.1, 0.15) is 39.8 Å². The third-order valence-electron chi connectivity index (χ3n) is 6.64. The SMILES string of the molecule is Cc1ccc(NC(=O)c2csc(C3CCN(C(=O)COc4ccc(Cl)cc4)CC3)n2)c(-c2ccccc2)c1. The topological polar surface area (TPSA) is 71.5 Å². The predicted molar refractivity (Wildman–Crippen MR) is 152 cm³/mol. The zero-order chi connectivity index (χ0) is 26.5. The lowest BCUT2D eigenvalue weighted by Crippen LogP contribution is -2.40. The molecule has 0 aliphatic carbocycles. The Morgan fingerprint density at radius 1 is 1.05 bits per heavy atom. The normalized spacial score (nSPS) is 13.8. The van der Waals surface area contributed by atoms with E-state index in [-0.39, 0.29) is 24.3 Å². The number of anilines is 1. The van der Waals surface area contributed by atoms with Crippen LogP contribution in [-0.4, -0.2) is 41.4 Å². The number of hydrogen-bond donors (Lipinski definition) is 1. The molecule has 6 nitrogen and oxygen atoms in total. The van der Waals surface area contributed by atoms with Crippen molar-refractivity contribution >= 4 is 40.4 Å². The molecular weight excluding hydrogens is 518 g/mol. The number of hydrogen-bond acceptors (Lipinski definition) is 5. The zero-order valence-corrected chi connectivity index (χ0v) is 22.6. The van der Waals surface area contributed by atoms with E-state index < -0.39 is 0 Å². The van der Waals surface area contributed by atoms with E-state index in [1.165, 1.54) is 11.3 Å². The van der Waals surface area contributed by atoms with E-state index in [9.17, 15) is 9.59 Å². The summed E-state index contributed by atoms with van der Waals surface area (Å²) in [5.41, 5.74) is 4.32. The Labute approximate surface area is 231 Å². The Balaban J connectivity index is 1.17. The first-order valence-corrected chi connectivity index (χ1v) is 13.8. The average Bonchev–Trinajstić information content (AvgIpc) is 3.45. The predicted octanol–water partition coefficient (Wildman–Crippen LogP) is 6.81. The molecule has 4 aromatic rings. The first-order valence-electron chi connectivity index (χ1n) is 12.6. The fourth-order valence-corrected chi connectivity index (χ4v) is 5.63. The van der Waals surface area contributed by atoms with Crippen LogP contribution >= 0.6 is 22.9 Å². The van der Waals surface area contributed by atoms with Crippen LogP contribution in [0.15, 0.2) is 78.2 Å². The number of halogens is 1. The van der Waals surface area contributed by atoms with Crippen molar-refractivity contribution in [2.75, 3.05) is 25.0 Å². The number of ether oxygens (including phenoxy) is 1. The summed E-state index contributed by atoms with van der Waals surface area (Å²) in [6.07, 6.45) is 1.61. The van der Waals surface area contributed by atoms with Crippen LogP contribution < -0.4 is 10.1 Å². The van der Waals surface area contributed by atoms with Crippen LogP contribution in [0.4, 0.5) is 5.69 Å². The van der Waals surface area contributed by atoms with Crippen molar-refractivity contribution in [2.45, 2.75) is 25.7 Å². The molecular formula is C30H28ClN3O3S. The summed E-state index contributed by atoms with van der Waals surface area (Å²) in [6, 6.07) is 23.0. The summed E-state index contributed by atoms with van der Waals surface area (Å²) in [5, 5.41) is 6.43. The standard InChI is InChI=1S/C30H28ClN3O3S/c1-20-7-12-26(25(17-20)21-5-3-2-4-6-21)32-29(36)27-19-38-30(33-27)22-13-15-34(16-14-22)28(35)18-37-24-10-8-23(31)9-11-24/h2-12,17,19,22H,13-16,18H2,1H3,(H,32,36). The van der Waals surface area contributed by atoms with Crippen molar-refractivity contribution in [1.29, 1.82) is 0 Å². The second kappa shape index (κ2) is 11.8. The number of rotatable bonds is 7. The molecule has 0 bridgehead atoms. The summed E-state index contributed by atoms with van der Waals surface area (Å²) < 4.78 is 5.60. The minimum Gasteiger partial charge on any atom is -0.484 e. The molecule has 0 spiro atoms. The number of nitrogens with one attached hydrogen (secondary N) is 1. The van der Waals surface area contributed by atoms with Crippen molar-refractivity contribution < 1.29 is 14.3 Å². The van der Waals surface area contributed by atoms with E-state index >= 15 is 0 Å². The number of likely N-dealkylation sites (tertiary alicyclic amines) is 1. The Kier molecular flexibility index (Phi) is 8.05. The van der Waals surface area contributed by atoms with E-state index in [1.807, 2.05) is 59.7 Å². The first-order chi connectivity index (χ1) is 18.5. The number of benzene rings is 3. The highest BCUT2D eigenvalue weighted by molar-refractivity contribution is 7.10.